The second-order valence-electron chi connectivity index (χ2n) is 7.38. The first-order valence-electron chi connectivity index (χ1n) is 9.64. The summed E-state index contributed by atoms with van der Waals surface area (Å²) in [5.41, 5.74) is 2.00. The highest BCUT2D eigenvalue weighted by atomic mass is 19.4. The molecule has 1 fully saturated rings. The number of hydrogen-bond donors (Lipinski definition) is 1. The summed E-state index contributed by atoms with van der Waals surface area (Å²) in [6.07, 6.45) is -4.09. The van der Waals surface area contributed by atoms with E-state index in [-0.39, 0.29) is 18.4 Å². The molecule has 1 saturated heterocycles. The summed E-state index contributed by atoms with van der Waals surface area (Å²) >= 11 is 0. The van der Waals surface area contributed by atoms with E-state index in [0.717, 1.165) is 43.9 Å². The Labute approximate surface area is 168 Å². The van der Waals surface area contributed by atoms with E-state index < -0.39 is 11.7 Å². The van der Waals surface area contributed by atoms with Gasteiger partial charge in [0.05, 0.1) is 24.7 Å². The van der Waals surface area contributed by atoms with Crippen LogP contribution < -0.4 is 5.32 Å². The van der Waals surface area contributed by atoms with Crippen LogP contribution in [0.2, 0.25) is 0 Å². The molecular weight excluding hydrogens is 381 g/mol. The molecule has 1 unspecified atom stereocenters. The molecule has 1 aliphatic rings. The Kier molecular flexibility index (Phi) is 6.92. The Balaban J connectivity index is 1.50. The fourth-order valence-electron chi connectivity index (χ4n) is 3.39. The summed E-state index contributed by atoms with van der Waals surface area (Å²) in [7, 11) is 0. The minimum Gasteiger partial charge on any atom is -0.376 e. The average Bonchev–Trinajstić information content (AvgIpc) is 2.66. The van der Waals surface area contributed by atoms with Gasteiger partial charge in [-0.05, 0) is 35.7 Å². The number of amides is 1. The van der Waals surface area contributed by atoms with Crippen LogP contribution in [-0.4, -0.2) is 36.6 Å². The number of morpholine rings is 1. The van der Waals surface area contributed by atoms with Crippen molar-refractivity contribution in [3.8, 4) is 0 Å². The molecule has 29 heavy (non-hydrogen) atoms. The van der Waals surface area contributed by atoms with Gasteiger partial charge in [0.2, 0.25) is 5.91 Å². The van der Waals surface area contributed by atoms with Crippen molar-refractivity contribution < 1.29 is 22.7 Å². The fraction of sp³-hybridized carbons (Fsp3) is 0.409. The summed E-state index contributed by atoms with van der Waals surface area (Å²) < 4.78 is 43.4. The van der Waals surface area contributed by atoms with Crippen LogP contribution in [0.1, 0.15) is 29.2 Å². The van der Waals surface area contributed by atoms with Crippen LogP contribution in [0.4, 0.5) is 13.2 Å². The molecule has 2 aromatic rings. The number of ether oxygens (including phenoxy) is 1. The third-order valence-electron chi connectivity index (χ3n) is 4.86. The molecular formula is C22H25F3N2O2. The highest BCUT2D eigenvalue weighted by Crippen LogP contribution is 2.29. The molecule has 0 bridgehead atoms. The number of carbonyl (C=O) groups excluding carboxylic acids is 1. The minimum atomic E-state index is -4.37. The lowest BCUT2D eigenvalue weighted by Crippen LogP contribution is -2.40. The van der Waals surface area contributed by atoms with Gasteiger partial charge in [0.1, 0.15) is 0 Å². The fourth-order valence-corrected chi connectivity index (χ4v) is 3.39. The summed E-state index contributed by atoms with van der Waals surface area (Å²) in [5.74, 6) is -0.225. The molecule has 1 aliphatic heterocycles. The third-order valence-corrected chi connectivity index (χ3v) is 4.86. The van der Waals surface area contributed by atoms with E-state index in [9.17, 15) is 18.0 Å². The van der Waals surface area contributed by atoms with Crippen molar-refractivity contribution in [3.05, 3.63) is 70.8 Å². The van der Waals surface area contributed by atoms with E-state index in [1.165, 1.54) is 17.7 Å². The van der Waals surface area contributed by atoms with Gasteiger partial charge >= 0.3 is 6.18 Å². The highest BCUT2D eigenvalue weighted by molar-refractivity contribution is 5.78. The average molecular weight is 406 g/mol. The van der Waals surface area contributed by atoms with Gasteiger partial charge in [-0.1, -0.05) is 36.4 Å². The Bertz CT molecular complexity index is 822. The van der Waals surface area contributed by atoms with E-state index in [1.807, 2.05) is 12.1 Å². The predicted molar refractivity (Wildman–Crippen MR) is 104 cm³/mol. The largest absolute Gasteiger partial charge is 0.416 e. The monoisotopic (exact) mass is 406 g/mol. The number of nitrogens with zero attached hydrogens (tertiary/aromatic N) is 1. The first-order valence-corrected chi connectivity index (χ1v) is 9.64. The Morgan fingerprint density at radius 1 is 1.14 bits per heavy atom. The van der Waals surface area contributed by atoms with E-state index >= 15 is 0 Å². The van der Waals surface area contributed by atoms with Crippen LogP contribution >= 0.6 is 0 Å². The second kappa shape index (κ2) is 9.41. The number of carbonyl (C=O) groups is 1. The van der Waals surface area contributed by atoms with Gasteiger partial charge in [0.25, 0.3) is 0 Å². The van der Waals surface area contributed by atoms with Gasteiger partial charge in [-0.15, -0.1) is 0 Å². The molecule has 7 heteroatoms. The van der Waals surface area contributed by atoms with Gasteiger partial charge in [0.15, 0.2) is 0 Å². The number of nitrogens with one attached hydrogen (secondary N) is 1. The number of benzene rings is 2. The number of halogens is 3. The molecule has 3 rings (SSSR count). The quantitative estimate of drug-likeness (QED) is 0.794. The first kappa shape index (κ1) is 21.3. The number of hydrogen-bond acceptors (Lipinski definition) is 3. The van der Waals surface area contributed by atoms with Crippen LogP contribution in [0, 0.1) is 0 Å². The van der Waals surface area contributed by atoms with Crippen LogP contribution in [0.5, 0.6) is 0 Å². The molecule has 0 aliphatic carbocycles. The van der Waals surface area contributed by atoms with Crippen LogP contribution in [-0.2, 0) is 35.2 Å². The van der Waals surface area contributed by atoms with Crippen molar-refractivity contribution in [3.63, 3.8) is 0 Å². The van der Waals surface area contributed by atoms with Gasteiger partial charge in [-0.3, -0.25) is 9.69 Å². The highest BCUT2D eigenvalue weighted by Gasteiger charge is 2.29. The molecule has 1 heterocycles. The summed E-state index contributed by atoms with van der Waals surface area (Å²) in [4.78, 5) is 14.5. The maximum absolute atomic E-state index is 12.6. The predicted octanol–water partition coefficient (Wildman–Crippen LogP) is 3.79. The molecule has 0 aromatic heterocycles. The zero-order valence-corrected chi connectivity index (χ0v) is 16.3. The van der Waals surface area contributed by atoms with E-state index in [4.69, 9.17) is 4.74 Å². The van der Waals surface area contributed by atoms with Crippen molar-refractivity contribution in [1.29, 1.82) is 0 Å². The smallest absolute Gasteiger partial charge is 0.376 e. The topological polar surface area (TPSA) is 41.6 Å². The normalized spacial score (nSPS) is 17.9. The van der Waals surface area contributed by atoms with Crippen LogP contribution in [0.25, 0.3) is 0 Å². The van der Waals surface area contributed by atoms with Gasteiger partial charge in [0, 0.05) is 26.2 Å². The zero-order chi connectivity index (χ0) is 20.9. The summed E-state index contributed by atoms with van der Waals surface area (Å²) in [6, 6.07) is 12.7. The summed E-state index contributed by atoms with van der Waals surface area (Å²) in [6.45, 7) is 5.82. The van der Waals surface area contributed by atoms with Gasteiger partial charge in [-0.25, -0.2) is 0 Å². The molecule has 0 saturated carbocycles. The van der Waals surface area contributed by atoms with Crippen molar-refractivity contribution in [1.82, 2.24) is 10.2 Å². The molecule has 1 N–H and O–H groups in total. The van der Waals surface area contributed by atoms with Crippen LogP contribution in [0.15, 0.2) is 48.5 Å². The van der Waals surface area contributed by atoms with E-state index in [0.29, 0.717) is 12.1 Å². The molecule has 0 radical (unpaired) electrons. The standard InChI is InChI=1S/C22H25F3N2O2/c1-16-14-27(9-10-29-16)15-19-4-2-3-18(11-19)13-26-21(28)12-17-5-7-20(8-6-17)22(23,24)25/h2-8,11,16H,9-10,12-15H2,1H3,(H,26,28). The SMILES string of the molecule is CC1CN(Cc2cccc(CNC(=O)Cc3ccc(C(F)(F)F)cc3)c2)CCO1. The molecule has 2 aromatic carbocycles. The van der Waals surface area contributed by atoms with Gasteiger partial charge < -0.3 is 10.1 Å². The lowest BCUT2D eigenvalue weighted by molar-refractivity contribution is -0.137. The van der Waals surface area contributed by atoms with Crippen LogP contribution in [0.3, 0.4) is 0 Å². The zero-order valence-electron chi connectivity index (χ0n) is 16.3. The number of alkyl halides is 3. The maximum Gasteiger partial charge on any atom is 0.416 e. The Morgan fingerprint density at radius 2 is 1.86 bits per heavy atom. The first-order chi connectivity index (χ1) is 13.8. The lowest BCUT2D eigenvalue weighted by atomic mass is 10.1. The van der Waals surface area contributed by atoms with Crippen molar-refractivity contribution >= 4 is 5.91 Å². The van der Waals surface area contributed by atoms with E-state index in [1.54, 1.807) is 0 Å². The maximum atomic E-state index is 12.6. The van der Waals surface area contributed by atoms with E-state index in [2.05, 4.69) is 29.3 Å². The minimum absolute atomic E-state index is 0.0451. The van der Waals surface area contributed by atoms with Crippen molar-refractivity contribution in [2.45, 2.75) is 38.7 Å². The number of rotatable bonds is 6. The molecule has 4 nitrogen and oxygen atoms in total. The molecule has 1 amide bonds. The molecule has 156 valence electrons. The second-order valence-corrected chi connectivity index (χ2v) is 7.38. The molecule has 1 atom stereocenters. The van der Waals surface area contributed by atoms with Crippen molar-refractivity contribution in [2.75, 3.05) is 19.7 Å². The summed E-state index contributed by atoms with van der Waals surface area (Å²) in [5, 5.41) is 2.84. The Hall–Kier alpha value is -2.38. The van der Waals surface area contributed by atoms with Gasteiger partial charge in [-0.2, -0.15) is 13.2 Å². The molecule has 0 spiro atoms. The lowest BCUT2D eigenvalue weighted by Gasteiger charge is -2.31. The third kappa shape index (κ3) is 6.58. The van der Waals surface area contributed by atoms with Crippen molar-refractivity contribution in [2.24, 2.45) is 0 Å². The Morgan fingerprint density at radius 3 is 2.55 bits per heavy atom.